The maximum absolute atomic E-state index is 12.7. The molecule has 2 aromatic carbocycles. The molecule has 0 saturated carbocycles. The van der Waals surface area contributed by atoms with Crippen LogP contribution in [0.25, 0.3) is 10.2 Å². The highest BCUT2D eigenvalue weighted by Gasteiger charge is 2.27. The third-order valence-electron chi connectivity index (χ3n) is 5.13. The predicted octanol–water partition coefficient (Wildman–Crippen LogP) is 2.77. The first kappa shape index (κ1) is 21.9. The van der Waals surface area contributed by atoms with Gasteiger partial charge in [-0.05, 0) is 43.2 Å². The summed E-state index contributed by atoms with van der Waals surface area (Å²) in [5.74, 6) is 1.93. The molecule has 11 heteroatoms. The predicted molar refractivity (Wildman–Crippen MR) is 120 cm³/mol. The number of nitro benzene ring substituents is 1. The van der Waals surface area contributed by atoms with Gasteiger partial charge in [0.1, 0.15) is 0 Å². The van der Waals surface area contributed by atoms with Gasteiger partial charge in [-0.3, -0.25) is 14.9 Å². The van der Waals surface area contributed by atoms with Crippen molar-refractivity contribution in [2.24, 2.45) is 4.99 Å². The van der Waals surface area contributed by atoms with Gasteiger partial charge < -0.3 is 4.57 Å². The Morgan fingerprint density at radius 3 is 2.50 bits per heavy atom. The minimum absolute atomic E-state index is 0.0701. The first-order chi connectivity index (χ1) is 15.3. The van der Waals surface area contributed by atoms with Gasteiger partial charge >= 0.3 is 0 Å². The Labute approximate surface area is 187 Å². The lowest BCUT2D eigenvalue weighted by molar-refractivity contribution is -0.384. The second-order valence-corrected chi connectivity index (χ2v) is 10.1. The molecule has 1 saturated heterocycles. The van der Waals surface area contributed by atoms with E-state index in [1.165, 1.54) is 40.7 Å². The van der Waals surface area contributed by atoms with Crippen molar-refractivity contribution in [2.45, 2.75) is 24.3 Å². The van der Waals surface area contributed by atoms with Gasteiger partial charge in [-0.15, -0.1) is 6.42 Å². The van der Waals surface area contributed by atoms with Crippen LogP contribution in [-0.2, 0) is 16.6 Å². The van der Waals surface area contributed by atoms with Gasteiger partial charge in [-0.25, -0.2) is 8.42 Å². The average Bonchev–Trinajstić information content (AvgIpc) is 3.43. The Hall–Kier alpha value is -3.33. The molecule has 1 aliphatic heterocycles. The minimum Gasteiger partial charge on any atom is -0.305 e. The van der Waals surface area contributed by atoms with Crippen molar-refractivity contribution in [2.75, 3.05) is 13.1 Å². The first-order valence-electron chi connectivity index (χ1n) is 9.72. The highest BCUT2D eigenvalue weighted by molar-refractivity contribution is 7.89. The van der Waals surface area contributed by atoms with E-state index in [0.29, 0.717) is 28.1 Å². The van der Waals surface area contributed by atoms with E-state index >= 15 is 0 Å². The number of hydrogen-bond donors (Lipinski definition) is 0. The Bertz CT molecular complexity index is 1420. The normalized spacial score (nSPS) is 15.2. The molecule has 32 heavy (non-hydrogen) atoms. The number of nitro groups is 1. The summed E-state index contributed by atoms with van der Waals surface area (Å²) in [5, 5.41) is 11.1. The molecule has 3 aromatic rings. The molecule has 9 nitrogen and oxygen atoms in total. The number of amides is 1. The molecule has 0 spiro atoms. The lowest BCUT2D eigenvalue weighted by Gasteiger charge is -2.15. The molecule has 0 N–H and O–H groups in total. The molecule has 2 heterocycles. The van der Waals surface area contributed by atoms with Gasteiger partial charge in [-0.2, -0.15) is 9.30 Å². The molecule has 0 unspecified atom stereocenters. The molecule has 0 bridgehead atoms. The van der Waals surface area contributed by atoms with E-state index in [-0.39, 0.29) is 22.7 Å². The van der Waals surface area contributed by atoms with Gasteiger partial charge in [0.25, 0.3) is 11.6 Å². The Kier molecular flexibility index (Phi) is 5.92. The second-order valence-electron chi connectivity index (χ2n) is 7.14. The lowest BCUT2D eigenvalue weighted by Crippen LogP contribution is -2.27. The second kappa shape index (κ2) is 8.66. The maximum atomic E-state index is 12.7. The molecule has 1 aliphatic rings. The summed E-state index contributed by atoms with van der Waals surface area (Å²) in [6.45, 7) is 1.13. The number of thiazole rings is 1. The molecule has 164 valence electrons. The zero-order valence-corrected chi connectivity index (χ0v) is 18.4. The standard InChI is InChI=1S/C21H18N4O5S2/c1-2-11-24-18-10-7-16(25(27)28)14-19(18)31-21(24)22-20(26)15-5-8-17(9-6-15)32(29,30)23-12-3-4-13-23/h1,5-10,14H,3-4,11-13H2. The Morgan fingerprint density at radius 1 is 1.19 bits per heavy atom. The van der Waals surface area contributed by atoms with Crippen molar-refractivity contribution in [3.63, 3.8) is 0 Å². The number of sulfonamides is 1. The smallest absolute Gasteiger partial charge is 0.279 e. The highest BCUT2D eigenvalue weighted by Crippen LogP contribution is 2.24. The molecule has 4 rings (SSSR count). The summed E-state index contributed by atoms with van der Waals surface area (Å²) in [7, 11) is -3.57. The fraction of sp³-hybridized carbons (Fsp3) is 0.238. The van der Waals surface area contributed by atoms with Crippen molar-refractivity contribution < 1.29 is 18.1 Å². The number of terminal acetylenes is 1. The van der Waals surface area contributed by atoms with Crippen LogP contribution in [0.4, 0.5) is 5.69 Å². The highest BCUT2D eigenvalue weighted by atomic mass is 32.2. The molecule has 0 aliphatic carbocycles. The summed E-state index contributed by atoms with van der Waals surface area (Å²) in [6, 6.07) is 10.0. The van der Waals surface area contributed by atoms with E-state index in [4.69, 9.17) is 6.42 Å². The number of fused-ring (bicyclic) bond motifs is 1. The van der Waals surface area contributed by atoms with Crippen LogP contribution in [0, 0.1) is 22.5 Å². The van der Waals surface area contributed by atoms with E-state index in [0.717, 1.165) is 24.2 Å². The van der Waals surface area contributed by atoms with Gasteiger partial charge in [0.2, 0.25) is 10.0 Å². The largest absolute Gasteiger partial charge is 0.305 e. The molecular formula is C21H18N4O5S2. The molecule has 1 aromatic heterocycles. The van der Waals surface area contributed by atoms with Gasteiger partial charge in [-0.1, -0.05) is 17.3 Å². The van der Waals surface area contributed by atoms with Crippen LogP contribution in [0.3, 0.4) is 0 Å². The van der Waals surface area contributed by atoms with E-state index < -0.39 is 20.9 Å². The third kappa shape index (κ3) is 4.08. The Balaban J connectivity index is 1.69. The lowest BCUT2D eigenvalue weighted by atomic mass is 10.2. The number of nitrogens with zero attached hydrogens (tertiary/aromatic N) is 4. The van der Waals surface area contributed by atoms with Crippen molar-refractivity contribution in [3.8, 4) is 12.3 Å². The Morgan fingerprint density at radius 2 is 1.88 bits per heavy atom. The number of benzene rings is 2. The van der Waals surface area contributed by atoms with Crippen LogP contribution in [-0.4, -0.2) is 41.2 Å². The quantitative estimate of drug-likeness (QED) is 0.323. The molecule has 1 fully saturated rings. The number of rotatable bonds is 5. The van der Waals surface area contributed by atoms with Gasteiger partial charge in [0.15, 0.2) is 4.80 Å². The number of carbonyl (C=O) groups is 1. The average molecular weight is 471 g/mol. The SMILES string of the molecule is C#CCn1c(=NC(=O)c2ccc(S(=O)(=O)N3CCCC3)cc2)sc2cc([N+](=O)[O-])ccc21. The summed E-state index contributed by atoms with van der Waals surface area (Å²) in [4.78, 5) is 27.9. The number of non-ortho nitro benzene ring substituents is 1. The van der Waals surface area contributed by atoms with E-state index in [9.17, 15) is 23.3 Å². The monoisotopic (exact) mass is 470 g/mol. The minimum atomic E-state index is -3.57. The van der Waals surface area contributed by atoms with E-state index in [1.54, 1.807) is 10.6 Å². The number of hydrogen-bond acceptors (Lipinski definition) is 6. The number of aromatic nitrogens is 1. The zero-order valence-electron chi connectivity index (χ0n) is 16.8. The van der Waals surface area contributed by atoms with Gasteiger partial charge in [0.05, 0.1) is 26.6 Å². The van der Waals surface area contributed by atoms with E-state index in [1.807, 2.05) is 0 Å². The van der Waals surface area contributed by atoms with Crippen LogP contribution < -0.4 is 4.80 Å². The molecule has 1 amide bonds. The van der Waals surface area contributed by atoms with Gasteiger partial charge in [0, 0.05) is 30.8 Å². The third-order valence-corrected chi connectivity index (χ3v) is 8.08. The van der Waals surface area contributed by atoms with Crippen molar-refractivity contribution in [1.29, 1.82) is 0 Å². The fourth-order valence-electron chi connectivity index (χ4n) is 3.50. The van der Waals surface area contributed by atoms with Crippen molar-refractivity contribution in [3.05, 3.63) is 62.9 Å². The maximum Gasteiger partial charge on any atom is 0.279 e. The summed E-state index contributed by atoms with van der Waals surface area (Å²) in [6.07, 6.45) is 7.12. The summed E-state index contributed by atoms with van der Waals surface area (Å²) >= 11 is 1.12. The number of carbonyl (C=O) groups excluding carboxylic acids is 1. The van der Waals surface area contributed by atoms with Crippen molar-refractivity contribution >= 4 is 43.2 Å². The molecular weight excluding hydrogens is 452 g/mol. The van der Waals surface area contributed by atoms with Crippen LogP contribution >= 0.6 is 11.3 Å². The van der Waals surface area contributed by atoms with Crippen LogP contribution in [0.2, 0.25) is 0 Å². The molecule has 0 radical (unpaired) electrons. The van der Waals surface area contributed by atoms with Crippen LogP contribution in [0.1, 0.15) is 23.2 Å². The van der Waals surface area contributed by atoms with E-state index in [2.05, 4.69) is 10.9 Å². The van der Waals surface area contributed by atoms with Crippen molar-refractivity contribution in [1.82, 2.24) is 8.87 Å². The van der Waals surface area contributed by atoms with Crippen LogP contribution in [0.15, 0.2) is 52.4 Å². The summed E-state index contributed by atoms with van der Waals surface area (Å²) in [5.41, 5.74) is 0.789. The zero-order chi connectivity index (χ0) is 22.9. The topological polar surface area (TPSA) is 115 Å². The molecule has 0 atom stereocenters. The van der Waals surface area contributed by atoms with Crippen LogP contribution in [0.5, 0.6) is 0 Å². The summed E-state index contributed by atoms with van der Waals surface area (Å²) < 4.78 is 28.9. The first-order valence-corrected chi connectivity index (χ1v) is 12.0. The fourth-order valence-corrected chi connectivity index (χ4v) is 6.08.